The van der Waals surface area contributed by atoms with Crippen molar-refractivity contribution in [3.8, 4) is 11.5 Å². The molecular formula is C22H25Cl2N3O3. The molecule has 2 heterocycles. The van der Waals surface area contributed by atoms with Gasteiger partial charge in [0.25, 0.3) is 0 Å². The lowest BCUT2D eigenvalue weighted by atomic mass is 10.1. The average molecular weight is 450 g/mol. The van der Waals surface area contributed by atoms with Crippen LogP contribution in [0.2, 0.25) is 10.0 Å². The number of nitrogens with zero attached hydrogens (tertiary/aromatic N) is 2. The van der Waals surface area contributed by atoms with Crippen molar-refractivity contribution in [3.63, 3.8) is 0 Å². The van der Waals surface area contributed by atoms with Crippen LogP contribution >= 0.6 is 23.2 Å². The van der Waals surface area contributed by atoms with Crippen LogP contribution in [0.5, 0.6) is 11.5 Å². The first-order chi connectivity index (χ1) is 14.5. The van der Waals surface area contributed by atoms with Crippen molar-refractivity contribution in [1.82, 2.24) is 4.90 Å². The first-order valence-corrected chi connectivity index (χ1v) is 10.9. The Morgan fingerprint density at radius 3 is 2.67 bits per heavy atom. The summed E-state index contributed by atoms with van der Waals surface area (Å²) in [5.74, 6) is 1.65. The second-order valence-corrected chi connectivity index (χ2v) is 8.41. The zero-order chi connectivity index (χ0) is 21.1. The Hall–Kier alpha value is -2.15. The molecule has 4 rings (SSSR count). The minimum Gasteiger partial charge on any atom is -0.454 e. The zero-order valence-corrected chi connectivity index (χ0v) is 18.4. The highest BCUT2D eigenvalue weighted by Gasteiger charge is 2.26. The summed E-state index contributed by atoms with van der Waals surface area (Å²) < 4.78 is 11.2. The molecule has 2 aromatic rings. The van der Waals surface area contributed by atoms with Gasteiger partial charge in [0, 0.05) is 37.6 Å². The van der Waals surface area contributed by atoms with Crippen molar-refractivity contribution < 1.29 is 14.3 Å². The van der Waals surface area contributed by atoms with E-state index >= 15 is 0 Å². The summed E-state index contributed by atoms with van der Waals surface area (Å²) in [5, 5.41) is 3.85. The maximum Gasteiger partial charge on any atom is 0.231 e. The maximum atomic E-state index is 12.2. The molecule has 160 valence electrons. The number of carbonyl (C=O) groups is 1. The zero-order valence-electron chi connectivity index (χ0n) is 16.9. The molecule has 0 aliphatic carbocycles. The molecule has 2 aliphatic heterocycles. The molecule has 1 fully saturated rings. The highest BCUT2D eigenvalue weighted by Crippen LogP contribution is 2.43. The molecule has 1 N–H and O–H groups in total. The quantitative estimate of drug-likeness (QED) is 0.699. The van der Waals surface area contributed by atoms with Gasteiger partial charge in [-0.3, -0.25) is 9.69 Å². The fourth-order valence-corrected chi connectivity index (χ4v) is 4.37. The van der Waals surface area contributed by atoms with Gasteiger partial charge in [-0.2, -0.15) is 0 Å². The number of nitrogens with one attached hydrogen (secondary N) is 1. The van der Waals surface area contributed by atoms with Crippen molar-refractivity contribution in [2.75, 3.05) is 49.7 Å². The standard InChI is InChI=1S/C22H25Cl2N3O3/c1-15-4-7-19-22(30-14-29-19)21(15)27-11-9-26(10-12-27)8-2-3-20(28)25-18-6-5-16(23)13-17(18)24/h4-7,13H,2-3,8-12,14H2,1H3,(H,25,28). The Kier molecular flexibility index (Phi) is 6.56. The van der Waals surface area contributed by atoms with E-state index in [9.17, 15) is 4.79 Å². The Morgan fingerprint density at radius 1 is 1.10 bits per heavy atom. The van der Waals surface area contributed by atoms with E-state index in [-0.39, 0.29) is 12.7 Å². The highest BCUT2D eigenvalue weighted by atomic mass is 35.5. The Labute approximate surface area is 186 Å². The molecule has 0 bridgehead atoms. The van der Waals surface area contributed by atoms with Crippen LogP contribution in [0.15, 0.2) is 30.3 Å². The van der Waals surface area contributed by atoms with Crippen molar-refractivity contribution in [1.29, 1.82) is 0 Å². The van der Waals surface area contributed by atoms with Crippen LogP contribution in [0, 0.1) is 6.92 Å². The second-order valence-electron chi connectivity index (χ2n) is 7.57. The van der Waals surface area contributed by atoms with Gasteiger partial charge in [0.1, 0.15) is 0 Å². The summed E-state index contributed by atoms with van der Waals surface area (Å²) in [7, 11) is 0. The third-order valence-electron chi connectivity index (χ3n) is 5.49. The van der Waals surface area contributed by atoms with E-state index < -0.39 is 0 Å². The molecule has 30 heavy (non-hydrogen) atoms. The van der Waals surface area contributed by atoms with Crippen molar-refractivity contribution in [2.24, 2.45) is 0 Å². The van der Waals surface area contributed by atoms with Crippen LogP contribution in [-0.4, -0.2) is 50.3 Å². The van der Waals surface area contributed by atoms with Crippen molar-refractivity contribution in [2.45, 2.75) is 19.8 Å². The third kappa shape index (κ3) is 4.77. The molecule has 0 saturated carbocycles. The number of carbonyl (C=O) groups excluding carboxylic acids is 1. The summed E-state index contributed by atoms with van der Waals surface area (Å²) in [6.07, 6.45) is 1.25. The minimum absolute atomic E-state index is 0.0366. The molecule has 0 radical (unpaired) electrons. The van der Waals surface area contributed by atoms with Crippen LogP contribution < -0.4 is 19.7 Å². The molecular weight excluding hydrogens is 425 g/mol. The molecule has 6 nitrogen and oxygen atoms in total. The van der Waals surface area contributed by atoms with Gasteiger partial charge in [-0.15, -0.1) is 0 Å². The molecule has 0 atom stereocenters. The molecule has 1 saturated heterocycles. The molecule has 0 unspecified atom stereocenters. The van der Waals surface area contributed by atoms with E-state index in [1.54, 1.807) is 18.2 Å². The number of ether oxygens (including phenoxy) is 2. The molecule has 1 amide bonds. The number of amides is 1. The lowest BCUT2D eigenvalue weighted by molar-refractivity contribution is -0.116. The smallest absolute Gasteiger partial charge is 0.231 e. The summed E-state index contributed by atoms with van der Waals surface area (Å²) in [5.41, 5.74) is 2.94. The summed E-state index contributed by atoms with van der Waals surface area (Å²) in [4.78, 5) is 17.0. The van der Waals surface area contributed by atoms with E-state index in [1.165, 1.54) is 5.56 Å². The largest absolute Gasteiger partial charge is 0.454 e. The third-order valence-corrected chi connectivity index (χ3v) is 6.03. The second kappa shape index (κ2) is 9.33. The Morgan fingerprint density at radius 2 is 1.90 bits per heavy atom. The van der Waals surface area contributed by atoms with Crippen molar-refractivity contribution in [3.05, 3.63) is 45.9 Å². The number of halogens is 2. The number of hydrogen-bond donors (Lipinski definition) is 1. The lowest BCUT2D eigenvalue weighted by Crippen LogP contribution is -2.47. The van der Waals surface area contributed by atoms with Gasteiger partial charge in [0.15, 0.2) is 11.5 Å². The topological polar surface area (TPSA) is 54.0 Å². The molecule has 8 heteroatoms. The number of anilines is 2. The van der Waals surface area contributed by atoms with Gasteiger partial charge in [0.2, 0.25) is 12.7 Å². The van der Waals surface area contributed by atoms with Crippen molar-refractivity contribution >= 4 is 40.5 Å². The first kappa shape index (κ1) is 21.1. The van der Waals surface area contributed by atoms with Crippen LogP contribution in [-0.2, 0) is 4.79 Å². The predicted octanol–water partition coefficient (Wildman–Crippen LogP) is 4.57. The van der Waals surface area contributed by atoms with E-state index in [0.29, 0.717) is 22.2 Å². The number of fused-ring (bicyclic) bond motifs is 1. The van der Waals surface area contributed by atoms with E-state index in [1.807, 2.05) is 6.07 Å². The fourth-order valence-electron chi connectivity index (χ4n) is 3.91. The van der Waals surface area contributed by atoms with Gasteiger partial charge >= 0.3 is 0 Å². The Bertz CT molecular complexity index is 930. The monoisotopic (exact) mass is 449 g/mol. The predicted molar refractivity (Wildman–Crippen MR) is 120 cm³/mol. The van der Waals surface area contributed by atoms with E-state index in [0.717, 1.165) is 56.3 Å². The van der Waals surface area contributed by atoms with Crippen LogP contribution in [0.4, 0.5) is 11.4 Å². The lowest BCUT2D eigenvalue weighted by Gasteiger charge is -2.37. The summed E-state index contributed by atoms with van der Waals surface area (Å²) >= 11 is 12.0. The molecule has 0 spiro atoms. The molecule has 0 aromatic heterocycles. The van der Waals surface area contributed by atoms with Gasteiger partial charge < -0.3 is 19.7 Å². The number of hydrogen-bond acceptors (Lipinski definition) is 5. The van der Waals surface area contributed by atoms with Crippen LogP contribution in [0.25, 0.3) is 0 Å². The van der Waals surface area contributed by atoms with Gasteiger partial charge in [-0.1, -0.05) is 29.3 Å². The summed E-state index contributed by atoms with van der Waals surface area (Å²) in [6.45, 7) is 7.04. The molecule has 2 aliphatic rings. The van der Waals surface area contributed by atoms with Crippen LogP contribution in [0.3, 0.4) is 0 Å². The van der Waals surface area contributed by atoms with Gasteiger partial charge in [-0.25, -0.2) is 0 Å². The maximum absolute atomic E-state index is 12.2. The number of aryl methyl sites for hydroxylation is 1. The SMILES string of the molecule is Cc1ccc2c(c1N1CCN(CCCC(=O)Nc3ccc(Cl)cc3Cl)CC1)OCO2. The first-order valence-electron chi connectivity index (χ1n) is 10.1. The molecule has 2 aromatic carbocycles. The summed E-state index contributed by atoms with van der Waals surface area (Å²) in [6, 6.07) is 9.11. The van der Waals surface area contributed by atoms with E-state index in [4.69, 9.17) is 32.7 Å². The Balaban J connectivity index is 1.23. The van der Waals surface area contributed by atoms with E-state index in [2.05, 4.69) is 28.1 Å². The number of piperazine rings is 1. The average Bonchev–Trinajstić information content (AvgIpc) is 3.19. The minimum atomic E-state index is -0.0366. The highest BCUT2D eigenvalue weighted by molar-refractivity contribution is 6.36. The number of benzene rings is 2. The van der Waals surface area contributed by atoms with Gasteiger partial charge in [-0.05, 0) is 49.7 Å². The van der Waals surface area contributed by atoms with Crippen LogP contribution in [0.1, 0.15) is 18.4 Å². The number of rotatable bonds is 6. The fraction of sp³-hybridized carbons (Fsp3) is 0.409. The normalized spacial score (nSPS) is 16.0. The van der Waals surface area contributed by atoms with Gasteiger partial charge in [0.05, 0.1) is 16.4 Å².